The second-order valence-electron chi connectivity index (χ2n) is 7.15. The van der Waals surface area contributed by atoms with E-state index in [1.54, 1.807) is 13.2 Å². The molecule has 26 heavy (non-hydrogen) atoms. The molecule has 2 aromatic rings. The molecule has 2 saturated heterocycles. The lowest BCUT2D eigenvalue weighted by atomic mass is 9.90. The number of piperazine rings is 1. The summed E-state index contributed by atoms with van der Waals surface area (Å²) in [4.78, 5) is 33.8. The average molecular weight is 353 g/mol. The van der Waals surface area contributed by atoms with Crippen molar-refractivity contribution < 1.29 is 14.0 Å². The number of nitrogens with zero attached hydrogens (tertiary/aromatic N) is 3. The molecule has 6 heteroatoms. The Morgan fingerprint density at radius 2 is 1.85 bits per heavy atom. The largest absolute Gasteiger partial charge is 0.449 e. The van der Waals surface area contributed by atoms with Crippen LogP contribution in [-0.2, 0) is 11.2 Å². The Morgan fingerprint density at radius 1 is 1.15 bits per heavy atom. The molecule has 2 unspecified atom stereocenters. The Bertz CT molecular complexity index is 788. The molecule has 2 amide bonds. The van der Waals surface area contributed by atoms with Crippen LogP contribution in [0.2, 0.25) is 0 Å². The van der Waals surface area contributed by atoms with Gasteiger partial charge in [-0.05, 0) is 31.4 Å². The van der Waals surface area contributed by atoms with Crippen LogP contribution in [0, 0.1) is 6.92 Å². The summed E-state index contributed by atoms with van der Waals surface area (Å²) in [5.74, 6) is 0.712. The van der Waals surface area contributed by atoms with E-state index in [0.717, 1.165) is 24.8 Å². The van der Waals surface area contributed by atoms with Gasteiger partial charge < -0.3 is 14.2 Å². The molecule has 6 nitrogen and oxygen atoms in total. The molecule has 0 spiro atoms. The van der Waals surface area contributed by atoms with Gasteiger partial charge in [0.2, 0.25) is 5.91 Å². The third kappa shape index (κ3) is 3.23. The van der Waals surface area contributed by atoms with Crippen LogP contribution in [0.4, 0.5) is 0 Å². The molecule has 2 fully saturated rings. The van der Waals surface area contributed by atoms with E-state index in [2.05, 4.69) is 4.98 Å². The summed E-state index contributed by atoms with van der Waals surface area (Å²) in [6.45, 7) is 2.97. The number of carbonyl (C=O) groups excluding carboxylic acids is 2. The van der Waals surface area contributed by atoms with Crippen LogP contribution < -0.4 is 0 Å². The van der Waals surface area contributed by atoms with E-state index in [4.69, 9.17) is 4.42 Å². The molecule has 3 heterocycles. The van der Waals surface area contributed by atoms with E-state index in [1.165, 1.54) is 0 Å². The molecule has 0 saturated carbocycles. The van der Waals surface area contributed by atoms with Gasteiger partial charge in [0.05, 0.1) is 12.1 Å². The number of oxazole rings is 1. The van der Waals surface area contributed by atoms with Crippen LogP contribution in [0.3, 0.4) is 0 Å². The van der Waals surface area contributed by atoms with Gasteiger partial charge in [0, 0.05) is 37.7 Å². The van der Waals surface area contributed by atoms with Crippen LogP contribution >= 0.6 is 0 Å². The van der Waals surface area contributed by atoms with Crippen LogP contribution in [0.15, 0.2) is 41.0 Å². The summed E-state index contributed by atoms with van der Waals surface area (Å²) in [5, 5.41) is 0. The highest BCUT2D eigenvalue weighted by molar-refractivity contribution is 5.95. The Hall–Kier alpha value is -2.63. The third-order valence-electron chi connectivity index (χ3n) is 5.33. The Kier molecular flexibility index (Phi) is 4.49. The zero-order valence-corrected chi connectivity index (χ0v) is 14.9. The Labute approximate surface area is 152 Å². The van der Waals surface area contributed by atoms with Crippen LogP contribution in [-0.4, -0.2) is 51.8 Å². The third-order valence-corrected chi connectivity index (χ3v) is 5.33. The lowest BCUT2D eigenvalue weighted by molar-refractivity contribution is -0.135. The fourth-order valence-corrected chi connectivity index (χ4v) is 4.13. The first-order valence-corrected chi connectivity index (χ1v) is 9.18. The average Bonchev–Trinajstić information content (AvgIpc) is 3.05. The van der Waals surface area contributed by atoms with Crippen molar-refractivity contribution in [3.8, 4) is 0 Å². The predicted molar refractivity (Wildman–Crippen MR) is 95.6 cm³/mol. The van der Waals surface area contributed by atoms with E-state index in [9.17, 15) is 9.59 Å². The number of aromatic nitrogens is 1. The number of fused-ring (bicyclic) bond motifs is 2. The molecule has 0 N–H and O–H groups in total. The smallest absolute Gasteiger partial charge is 0.254 e. The van der Waals surface area contributed by atoms with Gasteiger partial charge in [-0.2, -0.15) is 0 Å². The minimum absolute atomic E-state index is 0.0574. The number of carbonyl (C=O) groups is 2. The molecule has 2 bridgehead atoms. The van der Waals surface area contributed by atoms with Crippen molar-refractivity contribution in [2.75, 3.05) is 13.1 Å². The van der Waals surface area contributed by atoms with Gasteiger partial charge >= 0.3 is 0 Å². The normalized spacial score (nSPS) is 22.3. The topological polar surface area (TPSA) is 66.7 Å². The quantitative estimate of drug-likeness (QED) is 0.850. The van der Waals surface area contributed by atoms with E-state index < -0.39 is 0 Å². The van der Waals surface area contributed by atoms with Crippen LogP contribution in [0.5, 0.6) is 0 Å². The summed E-state index contributed by atoms with van der Waals surface area (Å²) in [7, 11) is 0. The van der Waals surface area contributed by atoms with Gasteiger partial charge in [-0.3, -0.25) is 9.59 Å². The van der Waals surface area contributed by atoms with Crippen molar-refractivity contribution >= 4 is 11.8 Å². The second kappa shape index (κ2) is 6.94. The van der Waals surface area contributed by atoms with Crippen molar-refractivity contribution in [1.82, 2.24) is 14.8 Å². The number of amides is 2. The molecular formula is C20H23N3O3. The van der Waals surface area contributed by atoms with E-state index in [0.29, 0.717) is 24.7 Å². The number of likely N-dealkylation sites (tertiary alicyclic amines) is 1. The van der Waals surface area contributed by atoms with Gasteiger partial charge in [0.1, 0.15) is 6.26 Å². The standard InChI is InChI=1S/C20H23N3O3/c1-14-21-16(13-26-14)10-19(24)22-11-17-8-5-9-18(12-22)23(17)20(25)15-6-3-2-4-7-15/h2-4,6-7,13,17-18H,5,8-12H2,1H3. The van der Waals surface area contributed by atoms with Crippen molar-refractivity contribution in [2.24, 2.45) is 0 Å². The summed E-state index contributed by atoms with van der Waals surface area (Å²) in [5.41, 5.74) is 1.39. The Morgan fingerprint density at radius 3 is 2.46 bits per heavy atom. The molecule has 1 aromatic carbocycles. The minimum Gasteiger partial charge on any atom is -0.449 e. The van der Waals surface area contributed by atoms with Gasteiger partial charge in [-0.1, -0.05) is 18.2 Å². The second-order valence-corrected chi connectivity index (χ2v) is 7.15. The SMILES string of the molecule is Cc1nc(CC(=O)N2CC3CCCC(C2)N3C(=O)c2ccccc2)co1. The van der Waals surface area contributed by atoms with Crippen molar-refractivity contribution in [1.29, 1.82) is 0 Å². The molecule has 2 aliphatic rings. The summed E-state index contributed by atoms with van der Waals surface area (Å²) in [6, 6.07) is 9.62. The maximum Gasteiger partial charge on any atom is 0.254 e. The molecule has 2 aliphatic heterocycles. The molecular weight excluding hydrogens is 330 g/mol. The van der Waals surface area contributed by atoms with Gasteiger partial charge in [0.15, 0.2) is 5.89 Å². The number of piperidine rings is 1. The highest BCUT2D eigenvalue weighted by Gasteiger charge is 2.41. The predicted octanol–water partition coefficient (Wildman–Crippen LogP) is 2.43. The summed E-state index contributed by atoms with van der Waals surface area (Å²) >= 11 is 0. The van der Waals surface area contributed by atoms with Crippen molar-refractivity contribution in [3.05, 3.63) is 53.7 Å². The maximum absolute atomic E-state index is 13.0. The first-order chi connectivity index (χ1) is 12.6. The van der Waals surface area contributed by atoms with Crippen molar-refractivity contribution in [2.45, 2.75) is 44.7 Å². The molecule has 1 aromatic heterocycles. The number of hydrogen-bond donors (Lipinski definition) is 0. The molecule has 136 valence electrons. The zero-order valence-electron chi connectivity index (χ0n) is 14.9. The monoisotopic (exact) mass is 353 g/mol. The zero-order chi connectivity index (χ0) is 18.1. The number of aryl methyl sites for hydroxylation is 1. The fourth-order valence-electron chi connectivity index (χ4n) is 4.13. The number of hydrogen-bond acceptors (Lipinski definition) is 4. The molecule has 4 rings (SSSR count). The van der Waals surface area contributed by atoms with Gasteiger partial charge in [-0.25, -0.2) is 4.98 Å². The molecule has 0 aliphatic carbocycles. The minimum atomic E-state index is 0.0574. The number of rotatable bonds is 3. The summed E-state index contributed by atoms with van der Waals surface area (Å²) in [6.07, 6.45) is 4.80. The van der Waals surface area contributed by atoms with E-state index >= 15 is 0 Å². The fraction of sp³-hybridized carbons (Fsp3) is 0.450. The molecule has 2 atom stereocenters. The molecule has 0 radical (unpaired) electrons. The Balaban J connectivity index is 1.48. The van der Waals surface area contributed by atoms with Crippen molar-refractivity contribution in [3.63, 3.8) is 0 Å². The van der Waals surface area contributed by atoms with E-state index in [1.807, 2.05) is 40.1 Å². The van der Waals surface area contributed by atoms with Gasteiger partial charge in [0.25, 0.3) is 5.91 Å². The van der Waals surface area contributed by atoms with Crippen LogP contribution in [0.25, 0.3) is 0 Å². The van der Waals surface area contributed by atoms with Gasteiger partial charge in [-0.15, -0.1) is 0 Å². The lowest BCUT2D eigenvalue weighted by Crippen LogP contribution is -2.63. The van der Waals surface area contributed by atoms with Crippen LogP contribution in [0.1, 0.15) is 41.2 Å². The highest BCUT2D eigenvalue weighted by Crippen LogP contribution is 2.30. The first kappa shape index (κ1) is 16.8. The number of benzene rings is 1. The van der Waals surface area contributed by atoms with E-state index in [-0.39, 0.29) is 30.3 Å². The highest BCUT2D eigenvalue weighted by atomic mass is 16.3. The summed E-state index contributed by atoms with van der Waals surface area (Å²) < 4.78 is 5.19. The maximum atomic E-state index is 13.0. The lowest BCUT2D eigenvalue weighted by Gasteiger charge is -2.50. The first-order valence-electron chi connectivity index (χ1n) is 9.18.